The summed E-state index contributed by atoms with van der Waals surface area (Å²) in [5, 5.41) is 9.77. The second kappa shape index (κ2) is 13.1. The highest BCUT2D eigenvalue weighted by atomic mass is 32.2. The van der Waals surface area contributed by atoms with Crippen LogP contribution in [0.15, 0.2) is 121 Å². The highest BCUT2D eigenvalue weighted by Crippen LogP contribution is 2.24. The first-order valence-electron chi connectivity index (χ1n) is 14.1. The average molecular weight is 624 g/mol. The van der Waals surface area contributed by atoms with E-state index in [1.54, 1.807) is 81.6 Å². The normalized spacial score (nSPS) is 11.8. The standard InChI is InChI=1S/C34H33N5O5S/c1-34(2,3)44-33(41)37-31-12-8-7-11-30(31)36-32(40)18-13-26-19-20-39(23-26)45(42,43)29-16-14-27(15-17-29)28-21-35-38(24-28)22-25-9-5-4-6-10-25/h4-21,23-24H,22H2,1-3H3,(H,36,40)(H,37,41)/b18-13+. The molecule has 0 aliphatic carbocycles. The van der Waals surface area contributed by atoms with Crippen molar-refractivity contribution in [1.82, 2.24) is 13.8 Å². The van der Waals surface area contributed by atoms with Gasteiger partial charge in [0.15, 0.2) is 0 Å². The molecule has 0 fully saturated rings. The van der Waals surface area contributed by atoms with Gasteiger partial charge in [-0.2, -0.15) is 5.10 Å². The Kier molecular flexibility index (Phi) is 9.01. The lowest BCUT2D eigenvalue weighted by Crippen LogP contribution is -2.27. The summed E-state index contributed by atoms with van der Waals surface area (Å²) in [7, 11) is -3.86. The molecule has 0 radical (unpaired) electrons. The number of ether oxygens (including phenoxy) is 1. The fourth-order valence-electron chi connectivity index (χ4n) is 4.41. The summed E-state index contributed by atoms with van der Waals surface area (Å²) in [6.07, 6.45) is 8.67. The first-order valence-corrected chi connectivity index (χ1v) is 15.6. The first kappa shape index (κ1) is 31.0. The van der Waals surface area contributed by atoms with Crippen LogP contribution in [0.5, 0.6) is 0 Å². The van der Waals surface area contributed by atoms with Crippen LogP contribution in [-0.2, 0) is 26.1 Å². The summed E-state index contributed by atoms with van der Waals surface area (Å²) >= 11 is 0. The van der Waals surface area contributed by atoms with Gasteiger partial charge >= 0.3 is 6.09 Å². The quantitative estimate of drug-likeness (QED) is 0.178. The minimum atomic E-state index is -3.86. The predicted molar refractivity (Wildman–Crippen MR) is 174 cm³/mol. The molecule has 2 aromatic heterocycles. The fourth-order valence-corrected chi connectivity index (χ4v) is 5.62. The van der Waals surface area contributed by atoms with Gasteiger partial charge in [-0.25, -0.2) is 17.2 Å². The number of carbonyl (C=O) groups excluding carboxylic acids is 2. The number of anilines is 2. The molecule has 2 N–H and O–H groups in total. The number of benzene rings is 3. The zero-order valence-electron chi connectivity index (χ0n) is 25.0. The van der Waals surface area contributed by atoms with E-state index in [1.807, 2.05) is 41.2 Å². The van der Waals surface area contributed by atoms with Gasteiger partial charge in [0.05, 0.1) is 29.0 Å². The van der Waals surface area contributed by atoms with E-state index in [0.29, 0.717) is 23.5 Å². The molecule has 0 saturated heterocycles. The average Bonchev–Trinajstić information content (AvgIpc) is 3.67. The molecule has 0 aliphatic heterocycles. The third kappa shape index (κ3) is 8.15. The molecular weight excluding hydrogens is 590 g/mol. The summed E-state index contributed by atoms with van der Waals surface area (Å²) < 4.78 is 34.8. The number of hydrogen-bond acceptors (Lipinski definition) is 6. The zero-order chi connectivity index (χ0) is 32.0. The SMILES string of the molecule is CC(C)(C)OC(=O)Nc1ccccc1NC(=O)/C=C/c1ccn(S(=O)(=O)c2ccc(-c3cnn(Cc4ccccc4)c3)cc2)c1. The van der Waals surface area contributed by atoms with E-state index in [0.717, 1.165) is 20.7 Å². The van der Waals surface area contributed by atoms with Crippen LogP contribution in [0, 0.1) is 0 Å². The van der Waals surface area contributed by atoms with Crippen LogP contribution in [0.25, 0.3) is 17.2 Å². The molecule has 0 atom stereocenters. The summed E-state index contributed by atoms with van der Waals surface area (Å²) in [5.74, 6) is -0.466. The third-order valence-electron chi connectivity index (χ3n) is 6.52. The topological polar surface area (TPSA) is 124 Å². The molecule has 0 spiro atoms. The van der Waals surface area contributed by atoms with Gasteiger partial charge in [-0.3, -0.25) is 14.8 Å². The highest BCUT2D eigenvalue weighted by Gasteiger charge is 2.18. The summed E-state index contributed by atoms with van der Waals surface area (Å²) in [4.78, 5) is 25.0. The summed E-state index contributed by atoms with van der Waals surface area (Å²) in [5.41, 5.74) is 3.45. The molecule has 230 valence electrons. The number of rotatable bonds is 9. The molecule has 11 heteroatoms. The molecule has 5 rings (SSSR count). The molecule has 0 saturated carbocycles. The van der Waals surface area contributed by atoms with Gasteiger partial charge in [-0.15, -0.1) is 0 Å². The smallest absolute Gasteiger partial charge is 0.412 e. The monoisotopic (exact) mass is 623 g/mol. The number of para-hydroxylation sites is 2. The van der Waals surface area contributed by atoms with Crippen molar-refractivity contribution in [3.05, 3.63) is 127 Å². The Labute approximate surface area is 262 Å². The second-order valence-corrected chi connectivity index (χ2v) is 13.1. The Bertz CT molecular complexity index is 1940. The van der Waals surface area contributed by atoms with E-state index in [1.165, 1.54) is 24.5 Å². The van der Waals surface area contributed by atoms with E-state index in [2.05, 4.69) is 15.7 Å². The number of hydrogen-bond donors (Lipinski definition) is 2. The molecule has 0 unspecified atom stereocenters. The molecule has 2 heterocycles. The van der Waals surface area contributed by atoms with Gasteiger partial charge in [-0.05, 0) is 73.9 Å². The van der Waals surface area contributed by atoms with Gasteiger partial charge in [0.25, 0.3) is 10.0 Å². The number of aromatic nitrogens is 3. The van der Waals surface area contributed by atoms with Gasteiger partial charge in [-0.1, -0.05) is 54.6 Å². The van der Waals surface area contributed by atoms with Crippen molar-refractivity contribution in [2.45, 2.75) is 37.8 Å². The van der Waals surface area contributed by atoms with Crippen molar-refractivity contribution in [3.8, 4) is 11.1 Å². The van der Waals surface area contributed by atoms with Crippen LogP contribution in [0.4, 0.5) is 16.2 Å². The van der Waals surface area contributed by atoms with E-state index < -0.39 is 27.6 Å². The Morgan fingerprint density at radius 3 is 2.20 bits per heavy atom. The maximum atomic E-state index is 13.3. The van der Waals surface area contributed by atoms with Crippen molar-refractivity contribution in [3.63, 3.8) is 0 Å². The Morgan fingerprint density at radius 1 is 0.844 bits per heavy atom. The highest BCUT2D eigenvalue weighted by molar-refractivity contribution is 7.90. The largest absolute Gasteiger partial charge is 0.444 e. The number of amides is 2. The number of nitrogens with one attached hydrogen (secondary N) is 2. The van der Waals surface area contributed by atoms with Crippen molar-refractivity contribution in [2.75, 3.05) is 10.6 Å². The van der Waals surface area contributed by atoms with Gasteiger partial charge in [0.2, 0.25) is 5.91 Å². The molecular formula is C34H33N5O5S. The van der Waals surface area contributed by atoms with Gasteiger partial charge in [0, 0.05) is 30.2 Å². The molecule has 3 aromatic carbocycles. The van der Waals surface area contributed by atoms with Crippen LogP contribution in [-0.4, -0.2) is 39.8 Å². The fraction of sp³-hybridized carbons (Fsp3) is 0.147. The van der Waals surface area contributed by atoms with E-state index >= 15 is 0 Å². The molecule has 0 aliphatic rings. The van der Waals surface area contributed by atoms with Crippen LogP contribution in [0.2, 0.25) is 0 Å². The Hall–Kier alpha value is -5.42. The summed E-state index contributed by atoms with van der Waals surface area (Å²) in [6, 6.07) is 24.9. The number of nitrogens with zero attached hydrogens (tertiary/aromatic N) is 3. The van der Waals surface area contributed by atoms with Crippen LogP contribution in [0.1, 0.15) is 31.9 Å². The minimum absolute atomic E-state index is 0.126. The van der Waals surface area contributed by atoms with E-state index in [4.69, 9.17) is 4.74 Å². The third-order valence-corrected chi connectivity index (χ3v) is 8.17. The van der Waals surface area contributed by atoms with Crippen LogP contribution >= 0.6 is 0 Å². The zero-order valence-corrected chi connectivity index (χ0v) is 25.9. The van der Waals surface area contributed by atoms with Crippen molar-refractivity contribution in [1.29, 1.82) is 0 Å². The molecule has 0 bridgehead atoms. The van der Waals surface area contributed by atoms with Crippen molar-refractivity contribution in [2.24, 2.45) is 0 Å². The van der Waals surface area contributed by atoms with Crippen molar-refractivity contribution >= 4 is 39.5 Å². The Morgan fingerprint density at radius 2 is 1.51 bits per heavy atom. The van der Waals surface area contributed by atoms with Gasteiger partial charge < -0.3 is 10.1 Å². The first-order chi connectivity index (χ1) is 21.5. The number of carbonyl (C=O) groups is 2. The maximum absolute atomic E-state index is 13.3. The van der Waals surface area contributed by atoms with E-state index in [9.17, 15) is 18.0 Å². The molecule has 2 amide bonds. The second-order valence-electron chi connectivity index (χ2n) is 11.2. The van der Waals surface area contributed by atoms with Crippen LogP contribution < -0.4 is 10.6 Å². The van der Waals surface area contributed by atoms with Gasteiger partial charge in [0.1, 0.15) is 5.60 Å². The lowest BCUT2D eigenvalue weighted by Gasteiger charge is -2.20. The summed E-state index contributed by atoms with van der Waals surface area (Å²) in [6.45, 7) is 5.90. The van der Waals surface area contributed by atoms with Crippen LogP contribution in [0.3, 0.4) is 0 Å². The predicted octanol–water partition coefficient (Wildman–Crippen LogP) is 6.64. The maximum Gasteiger partial charge on any atom is 0.412 e. The van der Waals surface area contributed by atoms with Crippen molar-refractivity contribution < 1.29 is 22.7 Å². The Balaban J connectivity index is 1.22. The van der Waals surface area contributed by atoms with E-state index in [-0.39, 0.29) is 4.90 Å². The minimum Gasteiger partial charge on any atom is -0.444 e. The molecule has 10 nitrogen and oxygen atoms in total. The molecule has 5 aromatic rings. The lowest BCUT2D eigenvalue weighted by molar-refractivity contribution is -0.111. The molecule has 45 heavy (non-hydrogen) atoms. The lowest BCUT2D eigenvalue weighted by atomic mass is 10.1.